The van der Waals surface area contributed by atoms with Gasteiger partial charge in [-0.05, 0) is 37.5 Å². The zero-order chi connectivity index (χ0) is 14.8. The number of aromatic amines is 1. The lowest BCUT2D eigenvalue weighted by atomic mass is 10.2. The molecule has 4 nitrogen and oxygen atoms in total. The van der Waals surface area contributed by atoms with Gasteiger partial charge in [-0.1, -0.05) is 29.4 Å². The second kappa shape index (κ2) is 6.22. The molecule has 1 fully saturated rings. The molecular formula is C15H16ClN3OS. The largest absolute Gasteiger partial charge is 0.310 e. The minimum absolute atomic E-state index is 0.135. The minimum atomic E-state index is -0.135. The van der Waals surface area contributed by atoms with Gasteiger partial charge in [0.25, 0.3) is 5.56 Å². The number of nitrogens with zero attached hydrogens (tertiary/aromatic N) is 1. The molecule has 2 N–H and O–H groups in total. The van der Waals surface area contributed by atoms with Crippen LogP contribution < -0.4 is 10.9 Å². The van der Waals surface area contributed by atoms with E-state index in [-0.39, 0.29) is 5.56 Å². The fraction of sp³-hybridized carbons (Fsp3) is 0.333. The van der Waals surface area contributed by atoms with Crippen molar-refractivity contribution in [2.24, 2.45) is 0 Å². The lowest BCUT2D eigenvalue weighted by Gasteiger charge is -2.11. The highest BCUT2D eigenvalue weighted by Gasteiger charge is 2.21. The summed E-state index contributed by atoms with van der Waals surface area (Å²) >= 11 is 7.75. The highest BCUT2D eigenvalue weighted by Crippen LogP contribution is 2.32. The number of hydrogen-bond acceptors (Lipinski definition) is 4. The molecule has 1 aromatic carbocycles. The lowest BCUT2D eigenvalue weighted by Crippen LogP contribution is -2.16. The molecule has 6 heteroatoms. The van der Waals surface area contributed by atoms with Crippen LogP contribution in [0.3, 0.4) is 0 Å². The number of halogens is 1. The summed E-state index contributed by atoms with van der Waals surface area (Å²) in [4.78, 5) is 19.7. The van der Waals surface area contributed by atoms with Crippen molar-refractivity contribution in [3.63, 3.8) is 0 Å². The Morgan fingerprint density at radius 1 is 1.48 bits per heavy atom. The first-order valence-corrected chi connectivity index (χ1v) is 8.08. The fourth-order valence-corrected chi connectivity index (χ4v) is 3.34. The lowest BCUT2D eigenvalue weighted by molar-refractivity contribution is 0.680. The van der Waals surface area contributed by atoms with Crippen LogP contribution in [-0.4, -0.2) is 16.0 Å². The van der Waals surface area contributed by atoms with E-state index in [1.807, 2.05) is 25.1 Å². The van der Waals surface area contributed by atoms with Crippen LogP contribution in [0.2, 0.25) is 5.02 Å². The van der Waals surface area contributed by atoms with E-state index in [9.17, 15) is 4.79 Å². The Hall–Kier alpha value is -1.30. The summed E-state index contributed by atoms with van der Waals surface area (Å²) in [6.45, 7) is 2.55. The van der Waals surface area contributed by atoms with Crippen molar-refractivity contribution >= 4 is 23.4 Å². The van der Waals surface area contributed by atoms with E-state index in [0.717, 1.165) is 22.0 Å². The third kappa shape index (κ3) is 3.87. The number of aromatic nitrogens is 2. The van der Waals surface area contributed by atoms with E-state index in [1.54, 1.807) is 0 Å². The molecule has 1 aliphatic rings. The van der Waals surface area contributed by atoms with Crippen molar-refractivity contribution in [3.8, 4) is 0 Å². The Morgan fingerprint density at radius 3 is 3.00 bits per heavy atom. The average molecular weight is 322 g/mol. The Balaban J connectivity index is 1.86. The molecule has 0 saturated heterocycles. The van der Waals surface area contributed by atoms with Crippen molar-refractivity contribution < 1.29 is 0 Å². The SMILES string of the molecule is Cc1cc(=O)[nH]c(Sc2cccc(Cl)c2CNC2CC2)n1. The molecule has 0 spiro atoms. The quantitative estimate of drug-likeness (QED) is 0.831. The summed E-state index contributed by atoms with van der Waals surface area (Å²) in [7, 11) is 0. The van der Waals surface area contributed by atoms with E-state index in [4.69, 9.17) is 11.6 Å². The second-order valence-corrected chi connectivity index (χ2v) is 6.60. The maximum Gasteiger partial charge on any atom is 0.251 e. The van der Waals surface area contributed by atoms with Crippen LogP contribution in [0, 0.1) is 6.92 Å². The molecule has 1 saturated carbocycles. The third-order valence-electron chi connectivity index (χ3n) is 3.28. The summed E-state index contributed by atoms with van der Waals surface area (Å²) in [5, 5.41) is 4.80. The number of rotatable bonds is 5. The number of aryl methyl sites for hydroxylation is 1. The number of hydrogen-bond donors (Lipinski definition) is 2. The van der Waals surface area contributed by atoms with Crippen LogP contribution in [0.15, 0.2) is 39.1 Å². The van der Waals surface area contributed by atoms with Gasteiger partial charge in [0.1, 0.15) is 0 Å². The molecule has 3 rings (SSSR count). The first kappa shape index (κ1) is 14.6. The Bertz CT molecular complexity index is 712. The second-order valence-electron chi connectivity index (χ2n) is 5.17. The molecular weight excluding hydrogens is 306 g/mol. The van der Waals surface area contributed by atoms with Crippen molar-refractivity contribution in [1.29, 1.82) is 0 Å². The van der Waals surface area contributed by atoms with Gasteiger partial charge in [0.2, 0.25) is 0 Å². The highest BCUT2D eigenvalue weighted by atomic mass is 35.5. The monoisotopic (exact) mass is 321 g/mol. The van der Waals surface area contributed by atoms with E-state index < -0.39 is 0 Å². The van der Waals surface area contributed by atoms with Crippen molar-refractivity contribution in [3.05, 3.63) is 50.9 Å². The molecule has 0 atom stereocenters. The molecule has 0 amide bonds. The molecule has 0 radical (unpaired) electrons. The van der Waals surface area contributed by atoms with Gasteiger partial charge in [-0.25, -0.2) is 4.98 Å². The zero-order valence-corrected chi connectivity index (χ0v) is 13.2. The molecule has 1 aliphatic carbocycles. The van der Waals surface area contributed by atoms with Gasteiger partial charge >= 0.3 is 0 Å². The highest BCUT2D eigenvalue weighted by molar-refractivity contribution is 7.99. The van der Waals surface area contributed by atoms with Crippen LogP contribution in [-0.2, 0) is 6.54 Å². The predicted molar refractivity (Wildman–Crippen MR) is 85.0 cm³/mol. The van der Waals surface area contributed by atoms with Gasteiger partial charge in [-0.2, -0.15) is 0 Å². The number of H-pyrrole nitrogens is 1. The van der Waals surface area contributed by atoms with Crippen LogP contribution >= 0.6 is 23.4 Å². The molecule has 0 bridgehead atoms. The standard InChI is InChI=1S/C15H16ClN3OS/c1-9-7-14(20)19-15(18-9)21-13-4-2-3-12(16)11(13)8-17-10-5-6-10/h2-4,7,10,17H,5-6,8H2,1H3,(H,18,19,20). The molecule has 0 aliphatic heterocycles. The van der Waals surface area contributed by atoms with E-state index >= 15 is 0 Å². The molecule has 0 unspecified atom stereocenters. The number of benzene rings is 1. The van der Waals surface area contributed by atoms with Crippen molar-refractivity contribution in [2.45, 2.75) is 42.4 Å². The van der Waals surface area contributed by atoms with Crippen LogP contribution in [0.5, 0.6) is 0 Å². The summed E-state index contributed by atoms with van der Waals surface area (Å²) in [6.07, 6.45) is 2.47. The van der Waals surface area contributed by atoms with Gasteiger partial charge in [0.05, 0.1) is 0 Å². The van der Waals surface area contributed by atoms with Gasteiger partial charge < -0.3 is 10.3 Å². The van der Waals surface area contributed by atoms with Gasteiger partial charge in [0, 0.05) is 34.3 Å². The van der Waals surface area contributed by atoms with Gasteiger partial charge in [-0.15, -0.1) is 0 Å². The fourth-order valence-electron chi connectivity index (χ4n) is 2.04. The zero-order valence-electron chi connectivity index (χ0n) is 11.6. The molecule has 2 aromatic rings. The minimum Gasteiger partial charge on any atom is -0.310 e. The Kier molecular flexibility index (Phi) is 4.33. The number of nitrogens with one attached hydrogen (secondary N) is 2. The average Bonchev–Trinajstić information content (AvgIpc) is 3.21. The Morgan fingerprint density at radius 2 is 2.29 bits per heavy atom. The normalized spacial score (nSPS) is 14.4. The smallest absolute Gasteiger partial charge is 0.251 e. The summed E-state index contributed by atoms with van der Waals surface area (Å²) in [5.41, 5.74) is 1.63. The first-order valence-electron chi connectivity index (χ1n) is 6.88. The summed E-state index contributed by atoms with van der Waals surface area (Å²) in [6, 6.07) is 7.91. The van der Waals surface area contributed by atoms with Crippen molar-refractivity contribution in [2.75, 3.05) is 0 Å². The molecule has 1 aromatic heterocycles. The van der Waals surface area contributed by atoms with Gasteiger partial charge in [-0.3, -0.25) is 4.79 Å². The molecule has 1 heterocycles. The van der Waals surface area contributed by atoms with E-state index in [0.29, 0.717) is 16.9 Å². The predicted octanol–water partition coefficient (Wildman–Crippen LogP) is 3.13. The topological polar surface area (TPSA) is 57.8 Å². The maximum absolute atomic E-state index is 11.5. The summed E-state index contributed by atoms with van der Waals surface area (Å²) in [5.74, 6) is 0. The van der Waals surface area contributed by atoms with Crippen molar-refractivity contribution in [1.82, 2.24) is 15.3 Å². The van der Waals surface area contributed by atoms with E-state index in [2.05, 4.69) is 15.3 Å². The van der Waals surface area contributed by atoms with Crippen LogP contribution in [0.4, 0.5) is 0 Å². The first-order chi connectivity index (χ1) is 10.1. The molecule has 21 heavy (non-hydrogen) atoms. The maximum atomic E-state index is 11.5. The Labute approximate surface area is 132 Å². The van der Waals surface area contributed by atoms with E-state index in [1.165, 1.54) is 30.7 Å². The molecule has 110 valence electrons. The van der Waals surface area contributed by atoms with Crippen LogP contribution in [0.25, 0.3) is 0 Å². The van der Waals surface area contributed by atoms with Crippen LogP contribution in [0.1, 0.15) is 24.1 Å². The third-order valence-corrected chi connectivity index (χ3v) is 4.62. The van der Waals surface area contributed by atoms with Gasteiger partial charge in [0.15, 0.2) is 5.16 Å². The summed E-state index contributed by atoms with van der Waals surface area (Å²) < 4.78 is 0.